The Hall–Kier alpha value is -2.35. The highest BCUT2D eigenvalue weighted by Crippen LogP contribution is 2.24. The summed E-state index contributed by atoms with van der Waals surface area (Å²) in [6.07, 6.45) is 1.25. The molecule has 30 heavy (non-hydrogen) atoms. The van der Waals surface area contributed by atoms with E-state index in [4.69, 9.17) is 32.6 Å². The molecule has 2 aromatic carbocycles. The molecular formula is C21H18Cl2N4O2S. The Morgan fingerprint density at radius 3 is 2.67 bits per heavy atom. The Labute approximate surface area is 187 Å². The van der Waals surface area contributed by atoms with Crippen LogP contribution in [0.4, 0.5) is 0 Å². The van der Waals surface area contributed by atoms with Gasteiger partial charge in [0.05, 0.1) is 16.7 Å². The van der Waals surface area contributed by atoms with Gasteiger partial charge in [-0.3, -0.25) is 9.36 Å². The van der Waals surface area contributed by atoms with Gasteiger partial charge in [0.2, 0.25) is 11.8 Å². The van der Waals surface area contributed by atoms with Gasteiger partial charge in [0.15, 0.2) is 5.16 Å². The lowest BCUT2D eigenvalue weighted by Gasteiger charge is -2.13. The van der Waals surface area contributed by atoms with Crippen LogP contribution in [0.15, 0.2) is 56.8 Å². The molecule has 0 fully saturated rings. The van der Waals surface area contributed by atoms with E-state index in [0.29, 0.717) is 63.0 Å². The summed E-state index contributed by atoms with van der Waals surface area (Å²) < 4.78 is 7.26. The van der Waals surface area contributed by atoms with Crippen molar-refractivity contribution in [1.29, 1.82) is 0 Å². The van der Waals surface area contributed by atoms with Crippen molar-refractivity contribution >= 4 is 45.9 Å². The Bertz CT molecular complexity index is 1260. The first-order valence-corrected chi connectivity index (χ1v) is 11.2. The average molecular weight is 461 g/mol. The van der Waals surface area contributed by atoms with Crippen molar-refractivity contribution in [3.05, 3.63) is 80.2 Å². The lowest BCUT2D eigenvalue weighted by atomic mass is 10.1. The molecule has 0 saturated heterocycles. The molecule has 2 heterocycles. The van der Waals surface area contributed by atoms with Crippen LogP contribution in [0.2, 0.25) is 10.0 Å². The molecule has 0 aliphatic heterocycles. The topological polar surface area (TPSA) is 73.8 Å². The second-order valence-electron chi connectivity index (χ2n) is 6.59. The SMILES string of the molecule is CCc1nnc(CSc2nc3ccccc3c(=O)n2CCc2ccc(Cl)cc2Cl)o1. The van der Waals surface area contributed by atoms with Gasteiger partial charge < -0.3 is 4.42 Å². The molecule has 154 valence electrons. The summed E-state index contributed by atoms with van der Waals surface area (Å²) in [5.74, 6) is 1.53. The molecule has 0 aliphatic carbocycles. The summed E-state index contributed by atoms with van der Waals surface area (Å²) >= 11 is 13.7. The third kappa shape index (κ3) is 4.53. The van der Waals surface area contributed by atoms with Crippen LogP contribution in [0.1, 0.15) is 24.3 Å². The summed E-state index contributed by atoms with van der Waals surface area (Å²) in [5.41, 5.74) is 1.49. The van der Waals surface area contributed by atoms with Gasteiger partial charge in [-0.05, 0) is 36.2 Å². The fraction of sp³-hybridized carbons (Fsp3) is 0.238. The van der Waals surface area contributed by atoms with Crippen LogP contribution in [-0.4, -0.2) is 19.7 Å². The third-order valence-corrected chi connectivity index (χ3v) is 6.13. The van der Waals surface area contributed by atoms with Crippen LogP contribution in [0.25, 0.3) is 10.9 Å². The van der Waals surface area contributed by atoms with E-state index in [2.05, 4.69) is 10.2 Å². The lowest BCUT2D eigenvalue weighted by Crippen LogP contribution is -2.24. The van der Waals surface area contributed by atoms with Gasteiger partial charge in [-0.1, -0.05) is 60.1 Å². The number of benzene rings is 2. The Morgan fingerprint density at radius 2 is 1.90 bits per heavy atom. The molecule has 0 bridgehead atoms. The minimum absolute atomic E-state index is 0.0898. The summed E-state index contributed by atoms with van der Waals surface area (Å²) in [6.45, 7) is 2.39. The van der Waals surface area contributed by atoms with Crippen molar-refractivity contribution in [2.24, 2.45) is 0 Å². The van der Waals surface area contributed by atoms with E-state index in [1.54, 1.807) is 22.8 Å². The van der Waals surface area contributed by atoms with E-state index in [0.717, 1.165) is 5.56 Å². The molecule has 4 aromatic rings. The zero-order valence-corrected chi connectivity index (χ0v) is 18.5. The first-order chi connectivity index (χ1) is 14.5. The zero-order chi connectivity index (χ0) is 21.1. The van der Waals surface area contributed by atoms with Gasteiger partial charge >= 0.3 is 0 Å². The van der Waals surface area contributed by atoms with Crippen molar-refractivity contribution in [2.75, 3.05) is 0 Å². The number of halogens is 2. The van der Waals surface area contributed by atoms with Gasteiger partial charge in [0.25, 0.3) is 5.56 Å². The molecule has 0 unspecified atom stereocenters. The molecule has 2 aromatic heterocycles. The van der Waals surface area contributed by atoms with E-state index >= 15 is 0 Å². The van der Waals surface area contributed by atoms with Crippen molar-refractivity contribution in [2.45, 2.75) is 37.2 Å². The first-order valence-electron chi connectivity index (χ1n) is 9.42. The Kier molecular flexibility index (Phi) is 6.41. The number of nitrogens with zero attached hydrogens (tertiary/aromatic N) is 4. The summed E-state index contributed by atoms with van der Waals surface area (Å²) in [5, 5.41) is 10.4. The van der Waals surface area contributed by atoms with Crippen molar-refractivity contribution in [3.63, 3.8) is 0 Å². The van der Waals surface area contributed by atoms with E-state index in [1.165, 1.54) is 11.8 Å². The monoisotopic (exact) mass is 460 g/mol. The van der Waals surface area contributed by atoms with Gasteiger partial charge in [0, 0.05) is 23.0 Å². The normalized spacial score (nSPS) is 11.3. The predicted octanol–water partition coefficient (Wildman–Crippen LogP) is 5.18. The van der Waals surface area contributed by atoms with Crippen molar-refractivity contribution in [3.8, 4) is 0 Å². The van der Waals surface area contributed by atoms with Crippen LogP contribution in [0.5, 0.6) is 0 Å². The van der Waals surface area contributed by atoms with Crippen molar-refractivity contribution in [1.82, 2.24) is 19.7 Å². The number of aromatic nitrogens is 4. The molecular weight excluding hydrogens is 443 g/mol. The largest absolute Gasteiger partial charge is 0.424 e. The van der Waals surface area contributed by atoms with E-state index in [-0.39, 0.29) is 5.56 Å². The fourth-order valence-electron chi connectivity index (χ4n) is 3.03. The second-order valence-corrected chi connectivity index (χ2v) is 8.37. The van der Waals surface area contributed by atoms with Crippen LogP contribution >= 0.6 is 35.0 Å². The molecule has 0 radical (unpaired) electrons. The maximum absolute atomic E-state index is 13.2. The number of thioether (sulfide) groups is 1. The van der Waals surface area contributed by atoms with E-state index in [9.17, 15) is 4.79 Å². The molecule has 0 saturated carbocycles. The molecule has 0 N–H and O–H groups in total. The van der Waals surface area contributed by atoms with Crippen LogP contribution in [0.3, 0.4) is 0 Å². The Balaban J connectivity index is 1.65. The maximum atomic E-state index is 13.2. The average Bonchev–Trinajstić information content (AvgIpc) is 3.21. The minimum Gasteiger partial charge on any atom is -0.424 e. The number of hydrogen-bond donors (Lipinski definition) is 0. The van der Waals surface area contributed by atoms with Gasteiger partial charge in [0.1, 0.15) is 0 Å². The zero-order valence-electron chi connectivity index (χ0n) is 16.1. The summed E-state index contributed by atoms with van der Waals surface area (Å²) in [4.78, 5) is 17.9. The lowest BCUT2D eigenvalue weighted by molar-refractivity contribution is 0.469. The minimum atomic E-state index is -0.0898. The number of para-hydroxylation sites is 1. The quantitative estimate of drug-likeness (QED) is 0.279. The molecule has 4 rings (SSSR count). The second kappa shape index (κ2) is 9.20. The predicted molar refractivity (Wildman–Crippen MR) is 119 cm³/mol. The van der Waals surface area contributed by atoms with E-state index < -0.39 is 0 Å². The third-order valence-electron chi connectivity index (χ3n) is 4.58. The smallest absolute Gasteiger partial charge is 0.262 e. The molecule has 9 heteroatoms. The van der Waals surface area contributed by atoms with Crippen LogP contribution in [0, 0.1) is 0 Å². The number of hydrogen-bond acceptors (Lipinski definition) is 6. The number of fused-ring (bicyclic) bond motifs is 1. The van der Waals surface area contributed by atoms with Crippen LogP contribution < -0.4 is 5.56 Å². The van der Waals surface area contributed by atoms with E-state index in [1.807, 2.05) is 31.2 Å². The van der Waals surface area contributed by atoms with Gasteiger partial charge in [-0.15, -0.1) is 10.2 Å². The Morgan fingerprint density at radius 1 is 1.10 bits per heavy atom. The van der Waals surface area contributed by atoms with Gasteiger partial charge in [-0.2, -0.15) is 0 Å². The molecule has 0 aliphatic rings. The highest BCUT2D eigenvalue weighted by Gasteiger charge is 2.14. The number of aryl methyl sites for hydroxylation is 2. The fourth-order valence-corrected chi connectivity index (χ4v) is 4.39. The number of rotatable bonds is 7. The standard InChI is InChI=1S/C21H18Cl2N4O2S/c1-2-18-25-26-19(29-18)12-30-21-24-17-6-4-3-5-15(17)20(28)27(21)10-9-13-7-8-14(22)11-16(13)23/h3-8,11H,2,9-10,12H2,1H3. The summed E-state index contributed by atoms with van der Waals surface area (Å²) in [6, 6.07) is 12.7. The van der Waals surface area contributed by atoms with Crippen LogP contribution in [-0.2, 0) is 25.1 Å². The maximum Gasteiger partial charge on any atom is 0.262 e. The molecule has 6 nitrogen and oxygen atoms in total. The molecule has 0 spiro atoms. The highest BCUT2D eigenvalue weighted by atomic mass is 35.5. The first kappa shape index (κ1) is 20.9. The molecule has 0 atom stereocenters. The molecule has 0 amide bonds. The van der Waals surface area contributed by atoms with Crippen molar-refractivity contribution < 1.29 is 4.42 Å². The van der Waals surface area contributed by atoms with Gasteiger partial charge in [-0.25, -0.2) is 4.98 Å². The highest BCUT2D eigenvalue weighted by molar-refractivity contribution is 7.98. The summed E-state index contributed by atoms with van der Waals surface area (Å²) in [7, 11) is 0.